The van der Waals surface area contributed by atoms with Crippen molar-refractivity contribution in [2.75, 3.05) is 6.54 Å². The van der Waals surface area contributed by atoms with Crippen molar-refractivity contribution in [1.29, 1.82) is 0 Å². The lowest BCUT2D eigenvalue weighted by Crippen LogP contribution is -2.30. The molecule has 76 valence electrons. The van der Waals surface area contributed by atoms with Crippen LogP contribution in [0.15, 0.2) is 23.4 Å². The maximum Gasteiger partial charge on any atom is 0.285 e. The Kier molecular flexibility index (Phi) is 1.98. The number of nitrogens with zero attached hydrogens (tertiary/aromatic N) is 2. The van der Waals surface area contributed by atoms with E-state index in [9.17, 15) is 13.2 Å². The van der Waals surface area contributed by atoms with Gasteiger partial charge in [-0.2, -0.15) is 8.42 Å². The molecule has 0 aromatic carbocycles. The van der Waals surface area contributed by atoms with E-state index >= 15 is 0 Å². The fourth-order valence-corrected chi connectivity index (χ4v) is 2.74. The van der Waals surface area contributed by atoms with Gasteiger partial charge in [0.05, 0.1) is 12.1 Å². The maximum absolute atomic E-state index is 11.7. The van der Waals surface area contributed by atoms with E-state index in [-0.39, 0.29) is 17.1 Å². The van der Waals surface area contributed by atoms with Gasteiger partial charge in [0.2, 0.25) is 0 Å². The van der Waals surface area contributed by atoms with Crippen molar-refractivity contribution in [1.82, 2.24) is 9.29 Å². The Morgan fingerprint density at radius 2 is 2.27 bits per heavy atom. The number of amides is 1. The van der Waals surface area contributed by atoms with Gasteiger partial charge in [0.25, 0.3) is 15.9 Å². The number of sulfonamides is 1. The summed E-state index contributed by atoms with van der Waals surface area (Å²) in [5, 5.41) is -0.217. The molecular weight excluding hydrogens is 216 g/mol. The highest BCUT2D eigenvalue weighted by molar-refractivity contribution is 7.90. The van der Waals surface area contributed by atoms with Gasteiger partial charge < -0.3 is 0 Å². The van der Waals surface area contributed by atoms with E-state index in [1.165, 1.54) is 18.3 Å². The fourth-order valence-electron chi connectivity index (χ4n) is 1.35. The number of hydrogen-bond acceptors (Lipinski definition) is 4. The first-order valence-electron chi connectivity index (χ1n) is 4.04. The van der Waals surface area contributed by atoms with E-state index in [0.717, 1.165) is 0 Å². The highest BCUT2D eigenvalue weighted by Crippen LogP contribution is 2.27. The van der Waals surface area contributed by atoms with Crippen LogP contribution in [0.1, 0.15) is 10.4 Å². The van der Waals surface area contributed by atoms with Crippen LogP contribution in [-0.4, -0.2) is 30.2 Å². The quantitative estimate of drug-likeness (QED) is 0.620. The van der Waals surface area contributed by atoms with Gasteiger partial charge in [-0.3, -0.25) is 4.79 Å². The zero-order valence-corrected chi connectivity index (χ0v) is 8.36. The lowest BCUT2D eigenvalue weighted by atomic mass is 10.3. The summed E-state index contributed by atoms with van der Waals surface area (Å²) in [6.45, 7) is -0.266. The van der Waals surface area contributed by atoms with Crippen LogP contribution in [0.4, 0.5) is 0 Å². The minimum atomic E-state index is -3.83. The summed E-state index contributed by atoms with van der Waals surface area (Å²) in [5.41, 5.74) is 0.0766. The Morgan fingerprint density at radius 1 is 1.53 bits per heavy atom. The second-order valence-corrected chi connectivity index (χ2v) is 4.65. The van der Waals surface area contributed by atoms with Crippen LogP contribution >= 0.6 is 0 Å². The number of aromatic nitrogens is 1. The molecule has 1 aromatic rings. The molecule has 2 heterocycles. The molecule has 6 heteroatoms. The molecule has 0 radical (unpaired) electrons. The second-order valence-electron chi connectivity index (χ2n) is 2.88. The van der Waals surface area contributed by atoms with E-state index in [1.54, 1.807) is 0 Å². The highest BCUT2D eigenvalue weighted by Gasteiger charge is 2.41. The van der Waals surface area contributed by atoms with Crippen molar-refractivity contribution in [2.24, 2.45) is 0 Å². The molecule has 0 atom stereocenters. The molecule has 5 nitrogen and oxygen atoms in total. The summed E-state index contributed by atoms with van der Waals surface area (Å²) in [7, 11) is -3.83. The number of carbonyl (C=O) groups excluding carboxylic acids is 1. The predicted molar refractivity (Wildman–Crippen MR) is 51.3 cm³/mol. The zero-order chi connectivity index (χ0) is 11.1. The fraction of sp³-hybridized carbons (Fsp3) is 0.111. The molecule has 0 aliphatic carbocycles. The van der Waals surface area contributed by atoms with Gasteiger partial charge in [0.15, 0.2) is 5.03 Å². The van der Waals surface area contributed by atoms with Gasteiger partial charge in [-0.15, -0.1) is 6.42 Å². The van der Waals surface area contributed by atoms with Gasteiger partial charge in [0.1, 0.15) is 0 Å². The molecule has 1 aliphatic heterocycles. The minimum absolute atomic E-state index is 0.0766. The van der Waals surface area contributed by atoms with Crippen molar-refractivity contribution in [3.63, 3.8) is 0 Å². The van der Waals surface area contributed by atoms with Gasteiger partial charge in [-0.1, -0.05) is 5.92 Å². The monoisotopic (exact) mass is 222 g/mol. The smallest absolute Gasteiger partial charge is 0.268 e. The van der Waals surface area contributed by atoms with E-state index in [4.69, 9.17) is 6.42 Å². The van der Waals surface area contributed by atoms with Gasteiger partial charge >= 0.3 is 0 Å². The standard InChI is InChI=1S/C9H6N2O3S/c1-2-6-11-9(12)7-4-3-5-10-8(7)15(11,13)14/h1,3-5H,6H2. The summed E-state index contributed by atoms with van der Waals surface area (Å²) in [5.74, 6) is 1.51. The summed E-state index contributed by atoms with van der Waals surface area (Å²) in [6.07, 6.45) is 6.32. The van der Waals surface area contributed by atoms with Crippen LogP contribution in [0.2, 0.25) is 0 Å². The van der Waals surface area contributed by atoms with E-state index in [1.807, 2.05) is 0 Å². The number of hydrogen-bond donors (Lipinski definition) is 0. The van der Waals surface area contributed by atoms with Crippen LogP contribution < -0.4 is 0 Å². The molecule has 1 aliphatic rings. The largest absolute Gasteiger partial charge is 0.285 e. The van der Waals surface area contributed by atoms with Crippen molar-refractivity contribution in [3.05, 3.63) is 23.9 Å². The maximum atomic E-state index is 11.7. The van der Waals surface area contributed by atoms with Crippen molar-refractivity contribution in [3.8, 4) is 12.3 Å². The summed E-state index contributed by atoms with van der Waals surface area (Å²) in [6, 6.07) is 2.92. The van der Waals surface area contributed by atoms with E-state index in [0.29, 0.717) is 4.31 Å². The molecule has 0 spiro atoms. The Morgan fingerprint density at radius 3 is 2.87 bits per heavy atom. The molecule has 1 aromatic heterocycles. The van der Waals surface area contributed by atoms with Crippen LogP contribution in [0.25, 0.3) is 0 Å². The Bertz CT molecular complexity index is 571. The molecule has 0 bridgehead atoms. The molecule has 1 amide bonds. The van der Waals surface area contributed by atoms with Crippen LogP contribution in [0.3, 0.4) is 0 Å². The number of carbonyl (C=O) groups is 1. The highest BCUT2D eigenvalue weighted by atomic mass is 32.2. The van der Waals surface area contributed by atoms with Crippen molar-refractivity contribution in [2.45, 2.75) is 5.03 Å². The average molecular weight is 222 g/mol. The third-order valence-electron chi connectivity index (χ3n) is 2.00. The molecular formula is C9H6N2O3S. The molecule has 15 heavy (non-hydrogen) atoms. The van der Waals surface area contributed by atoms with Crippen LogP contribution in [-0.2, 0) is 10.0 Å². The number of rotatable bonds is 1. The zero-order valence-electron chi connectivity index (χ0n) is 7.54. The summed E-state index contributed by atoms with van der Waals surface area (Å²) in [4.78, 5) is 15.3. The first kappa shape index (κ1) is 9.68. The van der Waals surface area contributed by atoms with E-state index < -0.39 is 15.9 Å². The normalized spacial score (nSPS) is 17.3. The van der Waals surface area contributed by atoms with Crippen molar-refractivity contribution >= 4 is 15.9 Å². The first-order valence-corrected chi connectivity index (χ1v) is 5.48. The SMILES string of the molecule is C#CCN1C(=O)c2cccnc2S1(=O)=O. The lowest BCUT2D eigenvalue weighted by molar-refractivity contribution is 0.0882. The molecule has 0 fully saturated rings. The average Bonchev–Trinajstić information content (AvgIpc) is 2.41. The third-order valence-corrected chi connectivity index (χ3v) is 3.69. The number of fused-ring (bicyclic) bond motifs is 1. The topological polar surface area (TPSA) is 67.3 Å². The number of terminal acetylenes is 1. The molecule has 0 N–H and O–H groups in total. The summed E-state index contributed by atoms with van der Waals surface area (Å²) >= 11 is 0. The second kappa shape index (κ2) is 3.07. The van der Waals surface area contributed by atoms with Gasteiger partial charge in [-0.25, -0.2) is 9.29 Å². The molecule has 2 rings (SSSR count). The van der Waals surface area contributed by atoms with Crippen LogP contribution in [0, 0.1) is 12.3 Å². The third kappa shape index (κ3) is 1.21. The van der Waals surface area contributed by atoms with Crippen LogP contribution in [0.5, 0.6) is 0 Å². The predicted octanol–water partition coefficient (Wildman–Crippen LogP) is -0.141. The van der Waals surface area contributed by atoms with Gasteiger partial charge in [0, 0.05) is 6.20 Å². The Balaban J connectivity index is 2.67. The molecule has 0 saturated heterocycles. The minimum Gasteiger partial charge on any atom is -0.268 e. The number of pyridine rings is 1. The Labute approximate surface area is 86.8 Å². The summed E-state index contributed by atoms with van der Waals surface area (Å²) < 4.78 is 24.1. The molecule has 0 saturated carbocycles. The van der Waals surface area contributed by atoms with Crippen molar-refractivity contribution < 1.29 is 13.2 Å². The Hall–Kier alpha value is -1.87. The first-order chi connectivity index (χ1) is 7.09. The van der Waals surface area contributed by atoms with E-state index in [2.05, 4.69) is 10.9 Å². The van der Waals surface area contributed by atoms with Gasteiger partial charge in [-0.05, 0) is 12.1 Å². The lowest BCUT2D eigenvalue weighted by Gasteiger charge is -2.09. The molecule has 0 unspecified atom stereocenters.